The maximum Gasteiger partial charge on any atom is 0.0862 e. The fourth-order valence-electron chi connectivity index (χ4n) is 4.10. The quantitative estimate of drug-likeness (QED) is 0.234. The maximum absolute atomic E-state index is 8.62. The number of nitrogen functional groups attached to an aromatic ring is 1. The molecule has 0 atom stereocenters. The summed E-state index contributed by atoms with van der Waals surface area (Å²) >= 11 is 0. The average Bonchev–Trinajstić information content (AvgIpc) is 2.82. The van der Waals surface area contributed by atoms with Crippen LogP contribution in [0.5, 0.6) is 0 Å². The van der Waals surface area contributed by atoms with E-state index in [2.05, 4.69) is 22.8 Å². The molecule has 7 heteroatoms. The number of benzene rings is 2. The third-order valence-corrected chi connectivity index (χ3v) is 6.04. The Morgan fingerprint density at radius 3 is 2.58 bits per heavy atom. The Morgan fingerprint density at radius 2 is 1.88 bits per heavy atom. The second-order valence-electron chi connectivity index (χ2n) is 8.55. The van der Waals surface area contributed by atoms with Crippen LogP contribution < -0.4 is 27.8 Å². The average molecular weight is 446 g/mol. The molecule has 0 radical (unpaired) electrons. The molecule has 2 aromatic carbocycles. The standard InChI is InChI=1S/C26H35N7/c1-32-16-20(14-27)19-5-10-24(29)23(13-19)26(31)25(30)12-17-3-2-4-18(11-17)15-33-22-8-6-21(28)7-9-22/h2-5,10-14,16,21-22,27,31-33H,6-9,15,28-30H2,1H3/b20-16+,25-12-,27-14?,31-26?. The highest BCUT2D eigenvalue weighted by molar-refractivity contribution is 6.16. The van der Waals surface area contributed by atoms with Crippen molar-refractivity contribution >= 4 is 29.3 Å². The molecule has 1 aliphatic rings. The van der Waals surface area contributed by atoms with Gasteiger partial charge in [-0.3, -0.25) is 5.41 Å². The van der Waals surface area contributed by atoms with Gasteiger partial charge < -0.3 is 33.2 Å². The van der Waals surface area contributed by atoms with E-state index >= 15 is 0 Å². The first-order valence-corrected chi connectivity index (χ1v) is 11.3. The lowest BCUT2D eigenvalue weighted by Crippen LogP contribution is -2.37. The van der Waals surface area contributed by atoms with Gasteiger partial charge in [0.1, 0.15) is 0 Å². The van der Waals surface area contributed by atoms with Crippen LogP contribution in [0.3, 0.4) is 0 Å². The van der Waals surface area contributed by atoms with Gasteiger partial charge in [0, 0.05) is 54.9 Å². The van der Waals surface area contributed by atoms with Crippen LogP contribution in [0.2, 0.25) is 0 Å². The monoisotopic (exact) mass is 445 g/mol. The Morgan fingerprint density at radius 1 is 1.12 bits per heavy atom. The molecule has 0 unspecified atom stereocenters. The minimum atomic E-state index is 0.158. The smallest absolute Gasteiger partial charge is 0.0862 e. The van der Waals surface area contributed by atoms with E-state index in [-0.39, 0.29) is 5.71 Å². The molecule has 0 amide bonds. The zero-order chi connectivity index (χ0) is 23.8. The number of hydrogen-bond donors (Lipinski definition) is 7. The number of anilines is 1. The molecule has 7 nitrogen and oxygen atoms in total. The summed E-state index contributed by atoms with van der Waals surface area (Å²) in [4.78, 5) is 0. The van der Waals surface area contributed by atoms with Gasteiger partial charge >= 0.3 is 0 Å². The van der Waals surface area contributed by atoms with E-state index in [0.29, 0.717) is 34.6 Å². The molecule has 10 N–H and O–H groups in total. The highest BCUT2D eigenvalue weighted by Crippen LogP contribution is 2.22. The molecule has 0 spiro atoms. The third-order valence-electron chi connectivity index (χ3n) is 6.04. The van der Waals surface area contributed by atoms with Gasteiger partial charge in [0.2, 0.25) is 0 Å². The van der Waals surface area contributed by atoms with E-state index in [0.717, 1.165) is 43.4 Å². The number of nitrogens with one attached hydrogen (secondary N) is 4. The lowest BCUT2D eigenvalue weighted by Gasteiger charge is -2.27. The normalized spacial score (nSPS) is 19.2. The van der Waals surface area contributed by atoms with Crippen LogP contribution in [0, 0.1) is 10.8 Å². The molecular weight excluding hydrogens is 410 g/mol. The van der Waals surface area contributed by atoms with Crippen molar-refractivity contribution in [3.8, 4) is 0 Å². The van der Waals surface area contributed by atoms with Crippen molar-refractivity contribution in [1.82, 2.24) is 10.6 Å². The van der Waals surface area contributed by atoms with Crippen molar-refractivity contribution in [2.75, 3.05) is 12.8 Å². The summed E-state index contributed by atoms with van der Waals surface area (Å²) in [7, 11) is 1.78. The molecule has 0 aliphatic heterocycles. The van der Waals surface area contributed by atoms with Crippen LogP contribution >= 0.6 is 0 Å². The predicted molar refractivity (Wildman–Crippen MR) is 139 cm³/mol. The lowest BCUT2D eigenvalue weighted by atomic mass is 9.91. The summed E-state index contributed by atoms with van der Waals surface area (Å²) in [6.45, 7) is 0.790. The number of allylic oxidation sites excluding steroid dienone is 2. The highest BCUT2D eigenvalue weighted by atomic mass is 14.9. The summed E-state index contributed by atoms with van der Waals surface area (Å²) in [6.07, 6.45) is 9.19. The molecule has 1 fully saturated rings. The van der Waals surface area contributed by atoms with Gasteiger partial charge in [-0.25, -0.2) is 0 Å². The zero-order valence-electron chi connectivity index (χ0n) is 19.2. The molecule has 1 aliphatic carbocycles. The van der Waals surface area contributed by atoms with Crippen LogP contribution in [-0.4, -0.2) is 31.1 Å². The second kappa shape index (κ2) is 11.4. The molecule has 0 aromatic heterocycles. The molecule has 0 heterocycles. The first-order valence-electron chi connectivity index (χ1n) is 11.3. The van der Waals surface area contributed by atoms with Crippen molar-refractivity contribution in [3.63, 3.8) is 0 Å². The molecule has 0 saturated heterocycles. The van der Waals surface area contributed by atoms with Gasteiger partial charge in [-0.05, 0) is 60.6 Å². The van der Waals surface area contributed by atoms with E-state index in [9.17, 15) is 0 Å². The van der Waals surface area contributed by atoms with Crippen LogP contribution in [0.4, 0.5) is 5.69 Å². The summed E-state index contributed by atoms with van der Waals surface area (Å²) < 4.78 is 0. The third kappa shape index (κ3) is 6.54. The minimum Gasteiger partial charge on any atom is -0.398 e. The number of nitrogens with two attached hydrogens (primary N) is 3. The number of rotatable bonds is 9. The van der Waals surface area contributed by atoms with Crippen molar-refractivity contribution < 1.29 is 0 Å². The Hall–Kier alpha value is -3.42. The van der Waals surface area contributed by atoms with Crippen LogP contribution in [0.15, 0.2) is 54.4 Å². The van der Waals surface area contributed by atoms with Gasteiger partial charge in [-0.2, -0.15) is 0 Å². The Labute approximate surface area is 196 Å². The minimum absolute atomic E-state index is 0.158. The topological polar surface area (TPSA) is 150 Å². The summed E-state index contributed by atoms with van der Waals surface area (Å²) in [6, 6.07) is 14.4. The van der Waals surface area contributed by atoms with Gasteiger partial charge in [0.05, 0.1) is 11.4 Å². The Bertz CT molecular complexity index is 1050. The van der Waals surface area contributed by atoms with Gasteiger partial charge in [-0.15, -0.1) is 0 Å². The lowest BCUT2D eigenvalue weighted by molar-refractivity contribution is 0.342. The maximum atomic E-state index is 8.62. The van der Waals surface area contributed by atoms with Crippen LogP contribution in [-0.2, 0) is 6.54 Å². The zero-order valence-corrected chi connectivity index (χ0v) is 19.2. The highest BCUT2D eigenvalue weighted by Gasteiger charge is 2.17. The largest absolute Gasteiger partial charge is 0.398 e. The molecule has 0 bridgehead atoms. The molecule has 174 valence electrons. The van der Waals surface area contributed by atoms with Crippen molar-refractivity contribution in [3.05, 3.63) is 76.6 Å². The predicted octanol–water partition coefficient (Wildman–Crippen LogP) is 3.21. The Kier molecular flexibility index (Phi) is 8.40. The van der Waals surface area contributed by atoms with Crippen LogP contribution in [0.1, 0.15) is 47.9 Å². The van der Waals surface area contributed by atoms with E-state index in [4.69, 9.17) is 28.0 Å². The van der Waals surface area contributed by atoms with E-state index in [1.807, 2.05) is 18.2 Å². The van der Waals surface area contributed by atoms with Gasteiger partial charge in [0.25, 0.3) is 0 Å². The second-order valence-corrected chi connectivity index (χ2v) is 8.55. The molecule has 2 aromatic rings. The first-order chi connectivity index (χ1) is 15.9. The summed E-state index contributed by atoms with van der Waals surface area (Å²) in [5.41, 5.74) is 23.5. The first kappa shape index (κ1) is 24.2. The van der Waals surface area contributed by atoms with Crippen molar-refractivity contribution in [2.24, 2.45) is 11.5 Å². The number of hydrogen-bond acceptors (Lipinski definition) is 7. The summed E-state index contributed by atoms with van der Waals surface area (Å²) in [5, 5.41) is 22.8. The van der Waals surface area contributed by atoms with Crippen molar-refractivity contribution in [1.29, 1.82) is 10.8 Å². The molecule has 1 saturated carbocycles. The van der Waals surface area contributed by atoms with E-state index in [1.165, 1.54) is 11.8 Å². The van der Waals surface area contributed by atoms with Crippen molar-refractivity contribution in [2.45, 2.75) is 44.3 Å². The fourth-order valence-corrected chi connectivity index (χ4v) is 4.10. The molecule has 33 heavy (non-hydrogen) atoms. The fraction of sp³-hybridized carbons (Fsp3) is 0.308. The Balaban J connectivity index is 1.74. The van der Waals surface area contributed by atoms with Gasteiger partial charge in [-0.1, -0.05) is 30.3 Å². The summed E-state index contributed by atoms with van der Waals surface area (Å²) in [5.74, 6) is 0. The molecule has 3 rings (SSSR count). The van der Waals surface area contributed by atoms with Crippen LogP contribution in [0.25, 0.3) is 11.6 Å². The SMILES string of the molecule is CN/C=C(\C=N)c1ccc(N)c(C(=N)/C(N)=C/c2cccc(CNC3CCC(N)CC3)c2)c1. The van der Waals surface area contributed by atoms with E-state index < -0.39 is 0 Å². The molecular formula is C26H35N7. The van der Waals surface area contributed by atoms with Gasteiger partial charge in [0.15, 0.2) is 0 Å². The van der Waals surface area contributed by atoms with E-state index in [1.54, 1.807) is 31.5 Å².